The van der Waals surface area contributed by atoms with E-state index < -0.39 is 19.8 Å². The van der Waals surface area contributed by atoms with Gasteiger partial charge in [-0.1, -0.05) is 67.7 Å². The first-order valence-corrected chi connectivity index (χ1v) is 20.2. The topological polar surface area (TPSA) is 99.6 Å². The third-order valence-corrected chi connectivity index (χ3v) is 15.8. The average Bonchev–Trinajstić information content (AvgIpc) is 3.75. The van der Waals surface area contributed by atoms with E-state index in [4.69, 9.17) is 9.47 Å². The Morgan fingerprint density at radius 1 is 1.02 bits per heavy atom. The first kappa shape index (κ1) is 32.5. The molecule has 3 amide bonds. The van der Waals surface area contributed by atoms with Crippen LogP contribution < -0.4 is 19.7 Å². The fraction of sp³-hybridized carbons (Fsp3) is 0.447. The molecule has 3 saturated heterocycles. The molecular weight excluding hydrogens is 623 g/mol. The molecule has 252 valence electrons. The van der Waals surface area contributed by atoms with E-state index in [1.54, 1.807) is 12.0 Å². The van der Waals surface area contributed by atoms with Crippen LogP contribution in [0.3, 0.4) is 0 Å². The molecule has 9 nitrogen and oxygen atoms in total. The van der Waals surface area contributed by atoms with Crippen LogP contribution >= 0.6 is 0 Å². The summed E-state index contributed by atoms with van der Waals surface area (Å²) in [4.78, 5) is 46.3. The monoisotopic (exact) mass is 667 g/mol. The third kappa shape index (κ3) is 5.16. The Morgan fingerprint density at radius 2 is 1.75 bits per heavy atom. The molecule has 4 aliphatic rings. The van der Waals surface area contributed by atoms with E-state index in [2.05, 4.69) is 32.2 Å². The number of aliphatic hydroxyl groups excluding tert-OH is 1. The van der Waals surface area contributed by atoms with Crippen molar-refractivity contribution in [3.05, 3.63) is 83.9 Å². The summed E-state index contributed by atoms with van der Waals surface area (Å²) in [6.07, 6.45) is 1.91. The zero-order valence-corrected chi connectivity index (χ0v) is 29.2. The Morgan fingerprint density at radius 3 is 2.40 bits per heavy atom. The van der Waals surface area contributed by atoms with Gasteiger partial charge < -0.3 is 29.3 Å². The summed E-state index contributed by atoms with van der Waals surface area (Å²) in [6.45, 7) is 8.43. The second kappa shape index (κ2) is 12.5. The predicted octanol–water partition coefficient (Wildman–Crippen LogP) is 4.57. The number of anilines is 2. The molecule has 7 rings (SSSR count). The molecule has 3 fully saturated rings. The highest BCUT2D eigenvalue weighted by molar-refractivity contribution is 6.91. The van der Waals surface area contributed by atoms with Crippen molar-refractivity contribution in [3.8, 4) is 5.75 Å². The molecule has 5 atom stereocenters. The van der Waals surface area contributed by atoms with Crippen LogP contribution in [-0.2, 0) is 31.3 Å². The fourth-order valence-corrected chi connectivity index (χ4v) is 12.8. The molecule has 10 heteroatoms. The number of amides is 3. The number of likely N-dealkylation sites (tertiary alicyclic amines) is 1. The quantitative estimate of drug-likeness (QED) is 0.265. The van der Waals surface area contributed by atoms with Crippen molar-refractivity contribution in [3.63, 3.8) is 0 Å². The number of methoxy groups -OCH3 is 1. The van der Waals surface area contributed by atoms with Crippen molar-refractivity contribution >= 4 is 42.4 Å². The van der Waals surface area contributed by atoms with Crippen LogP contribution in [-0.4, -0.2) is 74.8 Å². The van der Waals surface area contributed by atoms with Crippen molar-refractivity contribution in [1.29, 1.82) is 0 Å². The number of hydrogen-bond acceptors (Lipinski definition) is 6. The maximum Gasteiger partial charge on any atom is 0.264 e. The third-order valence-electron chi connectivity index (χ3n) is 11.5. The highest BCUT2D eigenvalue weighted by Crippen LogP contribution is 2.60. The summed E-state index contributed by atoms with van der Waals surface area (Å²) in [5, 5.41) is 11.2. The van der Waals surface area contributed by atoms with Gasteiger partial charge in [0.15, 0.2) is 5.60 Å². The van der Waals surface area contributed by atoms with E-state index >= 15 is 0 Å². The lowest BCUT2D eigenvalue weighted by Crippen LogP contribution is -2.52. The maximum absolute atomic E-state index is 15.0. The Labute approximate surface area is 283 Å². The lowest BCUT2D eigenvalue weighted by Gasteiger charge is -2.37. The van der Waals surface area contributed by atoms with Gasteiger partial charge >= 0.3 is 0 Å². The maximum atomic E-state index is 15.0. The summed E-state index contributed by atoms with van der Waals surface area (Å²) in [7, 11) is -0.748. The number of ether oxygens (including phenoxy) is 2. The minimum atomic E-state index is -2.40. The van der Waals surface area contributed by atoms with Gasteiger partial charge in [0, 0.05) is 36.7 Å². The zero-order valence-electron chi connectivity index (χ0n) is 28.2. The molecule has 0 unspecified atom stereocenters. The van der Waals surface area contributed by atoms with E-state index in [0.29, 0.717) is 19.5 Å². The summed E-state index contributed by atoms with van der Waals surface area (Å²) in [5.41, 5.74) is 2.20. The lowest BCUT2D eigenvalue weighted by molar-refractivity contribution is -0.150. The summed E-state index contributed by atoms with van der Waals surface area (Å²) in [5.74, 6) is 0.561. The number of fused-ring (bicyclic) bond motifs is 2. The van der Waals surface area contributed by atoms with E-state index in [1.165, 1.54) is 5.19 Å². The largest absolute Gasteiger partial charge is 0.497 e. The Kier molecular flexibility index (Phi) is 8.46. The van der Waals surface area contributed by atoms with Gasteiger partial charge in [-0.05, 0) is 54.3 Å². The molecule has 0 radical (unpaired) electrons. The fourth-order valence-electron chi connectivity index (χ4n) is 8.82. The molecule has 4 heterocycles. The van der Waals surface area contributed by atoms with E-state index in [-0.39, 0.29) is 48.3 Å². The Balaban J connectivity index is 1.25. The van der Waals surface area contributed by atoms with Crippen LogP contribution in [0.5, 0.6) is 5.75 Å². The minimum absolute atomic E-state index is 0.0262. The van der Waals surface area contributed by atoms with Gasteiger partial charge in [0.05, 0.1) is 52.6 Å². The average molecular weight is 668 g/mol. The van der Waals surface area contributed by atoms with Gasteiger partial charge in [-0.15, -0.1) is 0 Å². The minimum Gasteiger partial charge on any atom is -0.497 e. The van der Waals surface area contributed by atoms with Crippen LogP contribution in [0.1, 0.15) is 43.7 Å². The van der Waals surface area contributed by atoms with Crippen molar-refractivity contribution in [2.24, 2.45) is 5.92 Å². The second-order valence-corrected chi connectivity index (χ2v) is 19.0. The molecule has 0 saturated carbocycles. The lowest BCUT2D eigenvalue weighted by atomic mass is 9.82. The first-order valence-electron chi connectivity index (χ1n) is 17.1. The molecule has 4 aliphatic heterocycles. The van der Waals surface area contributed by atoms with E-state index in [9.17, 15) is 19.5 Å². The first-order chi connectivity index (χ1) is 23.1. The van der Waals surface area contributed by atoms with Gasteiger partial charge in [0.25, 0.3) is 5.91 Å². The number of benzene rings is 3. The standard InChI is InChI=1S/C38H45N3O6Si/c1-25-36(48(3,4)30-17-15-29(46-2)16-18-30)33(22-35(44)39-20-7-8-28(39)24-42)47-38(25)31-9-5-6-10-32(31)41(37(38)45)23-26-11-13-27(14-12-26)40-21-19-34(40)43/h5-6,9-18,25,28,33,36,42H,7-8,19-24H2,1-4H3/t25-,28+,33+,36-,38+/m1/s1. The van der Waals surface area contributed by atoms with Gasteiger partial charge in [0.2, 0.25) is 11.8 Å². The van der Waals surface area contributed by atoms with Gasteiger partial charge in [-0.2, -0.15) is 0 Å². The molecule has 1 spiro atoms. The number of nitrogens with zero attached hydrogens (tertiary/aromatic N) is 3. The van der Waals surface area contributed by atoms with Crippen molar-refractivity contribution in [2.45, 2.75) is 75.5 Å². The number of carbonyl (C=O) groups is 3. The smallest absolute Gasteiger partial charge is 0.264 e. The van der Waals surface area contributed by atoms with Crippen molar-refractivity contribution in [1.82, 2.24) is 4.90 Å². The predicted molar refractivity (Wildman–Crippen MR) is 187 cm³/mol. The zero-order chi connectivity index (χ0) is 33.8. The van der Waals surface area contributed by atoms with Crippen LogP contribution in [0.4, 0.5) is 11.4 Å². The highest BCUT2D eigenvalue weighted by atomic mass is 28.3. The summed E-state index contributed by atoms with van der Waals surface area (Å²) in [6, 6.07) is 23.8. The van der Waals surface area contributed by atoms with Crippen LogP contribution in [0.2, 0.25) is 18.6 Å². The number of hydrogen-bond donors (Lipinski definition) is 1. The Hall–Kier alpha value is -3.99. The van der Waals surface area contributed by atoms with Gasteiger partial charge in [-0.3, -0.25) is 14.4 Å². The Bertz CT molecular complexity index is 1710. The van der Waals surface area contributed by atoms with Crippen LogP contribution in [0, 0.1) is 5.92 Å². The summed E-state index contributed by atoms with van der Waals surface area (Å²) < 4.78 is 12.6. The molecular formula is C38H45N3O6Si. The van der Waals surface area contributed by atoms with Crippen LogP contribution in [0.25, 0.3) is 0 Å². The summed E-state index contributed by atoms with van der Waals surface area (Å²) >= 11 is 0. The molecule has 1 N–H and O–H groups in total. The molecule has 0 bridgehead atoms. The molecule has 48 heavy (non-hydrogen) atoms. The van der Waals surface area contributed by atoms with Gasteiger partial charge in [0.1, 0.15) is 5.75 Å². The van der Waals surface area contributed by atoms with Crippen molar-refractivity contribution in [2.75, 3.05) is 36.6 Å². The van der Waals surface area contributed by atoms with E-state index in [0.717, 1.165) is 47.6 Å². The number of aliphatic hydroxyl groups is 1. The number of β-lactam (4-membered cyclic amide) rings is 1. The number of rotatable bonds is 9. The molecule has 0 aliphatic carbocycles. The molecule has 3 aromatic carbocycles. The number of para-hydroxylation sites is 1. The van der Waals surface area contributed by atoms with E-state index in [1.807, 2.05) is 70.5 Å². The molecule has 0 aromatic heterocycles. The normalized spacial score (nSPS) is 26.7. The van der Waals surface area contributed by atoms with Gasteiger partial charge in [-0.25, -0.2) is 0 Å². The van der Waals surface area contributed by atoms with Crippen molar-refractivity contribution < 1.29 is 29.0 Å². The SMILES string of the molecule is COc1ccc([Si](C)(C)[C@H]2[C@H](CC(=O)N3CCC[C@H]3CO)O[C@@]3(C(=O)N(Cc4ccc(N5CCC5=O)cc4)c4ccccc43)[C@@H]2C)cc1. The second-order valence-electron chi connectivity index (χ2n) is 14.3. The van der Waals surface area contributed by atoms with Crippen LogP contribution in [0.15, 0.2) is 72.8 Å². The molecule has 3 aromatic rings. The highest BCUT2D eigenvalue weighted by Gasteiger charge is 2.66. The number of carbonyl (C=O) groups excluding carboxylic acids is 3.